The Kier molecular flexibility index (Phi) is 1.28. The fourth-order valence-electron chi connectivity index (χ4n) is 1.22. The lowest BCUT2D eigenvalue weighted by Gasteiger charge is -1.95. The Morgan fingerprint density at radius 3 is 2.92 bits per heavy atom. The van der Waals surface area contributed by atoms with Gasteiger partial charge in [0.1, 0.15) is 0 Å². The first-order valence-corrected chi connectivity index (χ1v) is 3.57. The van der Waals surface area contributed by atoms with Crippen molar-refractivity contribution in [2.45, 2.75) is 0 Å². The molecule has 0 aliphatic rings. The van der Waals surface area contributed by atoms with E-state index >= 15 is 0 Å². The molecule has 2 aromatic rings. The number of nitrogen functional groups attached to an aromatic ring is 1. The summed E-state index contributed by atoms with van der Waals surface area (Å²) < 4.78 is 1.51. The Bertz CT molecular complexity index is 462. The van der Waals surface area contributed by atoms with E-state index in [1.165, 1.54) is 4.68 Å². The Balaban J connectivity index is 2.82. The maximum absolute atomic E-state index is 8.63. The molecule has 2 rings (SSSR count). The van der Waals surface area contributed by atoms with Crippen LogP contribution in [-0.4, -0.2) is 4.68 Å². The van der Waals surface area contributed by atoms with Crippen molar-refractivity contribution < 1.29 is 0 Å². The molecule has 0 fully saturated rings. The first-order valence-electron chi connectivity index (χ1n) is 3.57. The molecule has 3 heteroatoms. The van der Waals surface area contributed by atoms with E-state index in [0.29, 0.717) is 5.56 Å². The largest absolute Gasteiger partial charge is 0.339 e. The van der Waals surface area contributed by atoms with Crippen LogP contribution in [-0.2, 0) is 0 Å². The van der Waals surface area contributed by atoms with Gasteiger partial charge in [0.25, 0.3) is 0 Å². The highest BCUT2D eigenvalue weighted by molar-refractivity contribution is 5.81. The Morgan fingerprint density at radius 1 is 1.33 bits per heavy atom. The summed E-state index contributed by atoms with van der Waals surface area (Å²) >= 11 is 0. The average Bonchev–Trinajstić information content (AvgIpc) is 2.47. The maximum atomic E-state index is 8.63. The maximum Gasteiger partial charge on any atom is 0.0992 e. The van der Waals surface area contributed by atoms with Crippen molar-refractivity contribution in [3.63, 3.8) is 0 Å². The van der Waals surface area contributed by atoms with Gasteiger partial charge < -0.3 is 5.84 Å². The van der Waals surface area contributed by atoms with Gasteiger partial charge in [-0.1, -0.05) is 6.07 Å². The molecule has 1 aromatic heterocycles. The fraction of sp³-hybridized carbons (Fsp3) is 0. The van der Waals surface area contributed by atoms with E-state index in [9.17, 15) is 0 Å². The summed E-state index contributed by atoms with van der Waals surface area (Å²) in [5.41, 5.74) is 1.52. The van der Waals surface area contributed by atoms with Crippen molar-refractivity contribution in [1.82, 2.24) is 4.68 Å². The Hall–Kier alpha value is -1.95. The first-order chi connectivity index (χ1) is 5.81. The number of benzene rings is 1. The molecule has 0 unspecified atom stereocenters. The van der Waals surface area contributed by atoms with Crippen molar-refractivity contribution in [2.75, 3.05) is 5.84 Å². The molecule has 12 heavy (non-hydrogen) atoms. The average molecular weight is 157 g/mol. The van der Waals surface area contributed by atoms with E-state index in [4.69, 9.17) is 11.1 Å². The third kappa shape index (κ3) is 0.823. The highest BCUT2D eigenvalue weighted by Gasteiger charge is 1.98. The number of nitriles is 1. The number of hydrogen-bond donors (Lipinski definition) is 1. The van der Waals surface area contributed by atoms with Crippen LogP contribution in [0.5, 0.6) is 0 Å². The van der Waals surface area contributed by atoms with Crippen molar-refractivity contribution in [3.8, 4) is 6.07 Å². The summed E-state index contributed by atoms with van der Waals surface area (Å²) in [6.07, 6.45) is 1.77. The zero-order valence-electron chi connectivity index (χ0n) is 6.36. The van der Waals surface area contributed by atoms with E-state index in [2.05, 4.69) is 6.07 Å². The lowest BCUT2D eigenvalue weighted by Crippen LogP contribution is -2.04. The van der Waals surface area contributed by atoms with Gasteiger partial charge in [-0.05, 0) is 18.2 Å². The van der Waals surface area contributed by atoms with Gasteiger partial charge in [-0.25, -0.2) is 0 Å². The molecular weight excluding hydrogens is 150 g/mol. The second kappa shape index (κ2) is 2.28. The summed E-state index contributed by atoms with van der Waals surface area (Å²) in [4.78, 5) is 0. The standard InChI is InChI=1S/C9H7N3/c10-6-7-1-2-8-3-4-12(11)9(8)5-7/h1-5H,11H2. The molecule has 0 bridgehead atoms. The zero-order valence-corrected chi connectivity index (χ0v) is 6.36. The topological polar surface area (TPSA) is 54.7 Å². The normalized spacial score (nSPS) is 9.92. The number of nitrogens with two attached hydrogens (primary N) is 1. The lowest BCUT2D eigenvalue weighted by atomic mass is 10.2. The van der Waals surface area contributed by atoms with Crippen LogP contribution in [0.3, 0.4) is 0 Å². The quantitative estimate of drug-likeness (QED) is 0.584. The highest BCUT2D eigenvalue weighted by Crippen LogP contribution is 2.14. The third-order valence-corrected chi connectivity index (χ3v) is 1.85. The molecule has 0 saturated heterocycles. The minimum Gasteiger partial charge on any atom is -0.339 e. The highest BCUT2D eigenvalue weighted by atomic mass is 15.3. The Labute approximate surface area is 69.6 Å². The van der Waals surface area contributed by atoms with Gasteiger partial charge >= 0.3 is 0 Å². The van der Waals surface area contributed by atoms with Crippen LogP contribution < -0.4 is 5.84 Å². The van der Waals surface area contributed by atoms with Gasteiger partial charge in [-0.15, -0.1) is 0 Å². The van der Waals surface area contributed by atoms with Gasteiger partial charge in [-0.3, -0.25) is 4.68 Å². The lowest BCUT2D eigenvalue weighted by molar-refractivity contribution is 1.07. The van der Waals surface area contributed by atoms with E-state index < -0.39 is 0 Å². The molecule has 0 aliphatic heterocycles. The van der Waals surface area contributed by atoms with Gasteiger partial charge in [0.05, 0.1) is 17.1 Å². The molecule has 3 nitrogen and oxygen atoms in total. The monoisotopic (exact) mass is 157 g/mol. The van der Waals surface area contributed by atoms with Crippen LogP contribution in [0.1, 0.15) is 5.56 Å². The Morgan fingerprint density at radius 2 is 2.17 bits per heavy atom. The van der Waals surface area contributed by atoms with Gasteiger partial charge in [0.15, 0.2) is 0 Å². The summed E-state index contributed by atoms with van der Waals surface area (Å²) in [5.74, 6) is 5.61. The van der Waals surface area contributed by atoms with Crippen LogP contribution >= 0.6 is 0 Å². The van der Waals surface area contributed by atoms with Crippen molar-refractivity contribution in [2.24, 2.45) is 0 Å². The molecule has 0 atom stereocenters. The number of hydrogen-bond acceptors (Lipinski definition) is 2. The molecule has 0 saturated carbocycles. The van der Waals surface area contributed by atoms with Crippen molar-refractivity contribution >= 4 is 10.9 Å². The van der Waals surface area contributed by atoms with Crippen LogP contribution in [0.2, 0.25) is 0 Å². The van der Waals surface area contributed by atoms with Crippen LogP contribution in [0.15, 0.2) is 30.5 Å². The van der Waals surface area contributed by atoms with Crippen LogP contribution in [0.25, 0.3) is 10.9 Å². The van der Waals surface area contributed by atoms with E-state index in [1.807, 2.05) is 12.1 Å². The minimum atomic E-state index is 0.632. The molecule has 0 radical (unpaired) electrons. The number of fused-ring (bicyclic) bond motifs is 1. The van der Waals surface area contributed by atoms with Crippen molar-refractivity contribution in [3.05, 3.63) is 36.0 Å². The molecule has 2 N–H and O–H groups in total. The smallest absolute Gasteiger partial charge is 0.0992 e. The minimum absolute atomic E-state index is 0.632. The number of rotatable bonds is 0. The summed E-state index contributed by atoms with van der Waals surface area (Å²) in [5, 5.41) is 9.68. The summed E-state index contributed by atoms with van der Waals surface area (Å²) in [7, 11) is 0. The molecule has 0 amide bonds. The molecule has 58 valence electrons. The summed E-state index contributed by atoms with van der Waals surface area (Å²) in [6, 6.07) is 9.42. The van der Waals surface area contributed by atoms with E-state index in [0.717, 1.165) is 10.9 Å². The molecule has 0 aliphatic carbocycles. The second-order valence-electron chi connectivity index (χ2n) is 2.61. The molecular formula is C9H7N3. The molecule has 1 heterocycles. The molecule has 1 aromatic carbocycles. The van der Waals surface area contributed by atoms with E-state index in [1.54, 1.807) is 18.3 Å². The van der Waals surface area contributed by atoms with Gasteiger partial charge in [-0.2, -0.15) is 5.26 Å². The SMILES string of the molecule is N#Cc1ccc2ccn(N)c2c1. The number of nitrogens with zero attached hydrogens (tertiary/aromatic N) is 2. The van der Waals surface area contributed by atoms with Crippen LogP contribution in [0, 0.1) is 11.3 Å². The molecule has 0 spiro atoms. The zero-order chi connectivity index (χ0) is 8.55. The van der Waals surface area contributed by atoms with Gasteiger partial charge in [0.2, 0.25) is 0 Å². The van der Waals surface area contributed by atoms with Crippen molar-refractivity contribution in [1.29, 1.82) is 5.26 Å². The summed E-state index contributed by atoms with van der Waals surface area (Å²) in [6.45, 7) is 0. The third-order valence-electron chi connectivity index (χ3n) is 1.85. The van der Waals surface area contributed by atoms with Gasteiger partial charge in [0, 0.05) is 11.6 Å². The predicted octanol–water partition coefficient (Wildman–Crippen LogP) is 1.23. The number of aromatic nitrogens is 1. The van der Waals surface area contributed by atoms with E-state index in [-0.39, 0.29) is 0 Å². The first kappa shape index (κ1) is 6.74. The predicted molar refractivity (Wildman–Crippen MR) is 46.8 cm³/mol. The van der Waals surface area contributed by atoms with Crippen LogP contribution in [0.4, 0.5) is 0 Å². The fourth-order valence-corrected chi connectivity index (χ4v) is 1.22. The second-order valence-corrected chi connectivity index (χ2v) is 2.61.